The molecule has 0 aromatic heterocycles. The first kappa shape index (κ1) is 16.8. The van der Waals surface area contributed by atoms with Gasteiger partial charge in [-0.05, 0) is 75.5 Å². The third-order valence-electron chi connectivity index (χ3n) is 4.52. The summed E-state index contributed by atoms with van der Waals surface area (Å²) in [5.74, 6) is 0.909. The molecule has 1 aliphatic heterocycles. The van der Waals surface area contributed by atoms with Crippen molar-refractivity contribution >= 4 is 11.6 Å². The molecule has 0 radical (unpaired) electrons. The van der Waals surface area contributed by atoms with Gasteiger partial charge in [-0.15, -0.1) is 0 Å². The van der Waals surface area contributed by atoms with E-state index in [1.807, 2.05) is 12.1 Å². The minimum absolute atomic E-state index is 0.446. The first-order chi connectivity index (χ1) is 10.2. The van der Waals surface area contributed by atoms with Crippen LogP contribution < -0.4 is 5.32 Å². The second kappa shape index (κ2) is 8.77. The van der Waals surface area contributed by atoms with Gasteiger partial charge in [0.05, 0.1) is 0 Å². The summed E-state index contributed by atoms with van der Waals surface area (Å²) in [6, 6.07) is 8.77. The minimum atomic E-state index is 0.446. The fraction of sp³-hybridized carbons (Fsp3) is 0.667. The maximum atomic E-state index is 6.00. The summed E-state index contributed by atoms with van der Waals surface area (Å²) in [5.41, 5.74) is 1.36. The Morgan fingerprint density at radius 1 is 1.24 bits per heavy atom. The summed E-state index contributed by atoms with van der Waals surface area (Å²) in [6.45, 7) is 9.39. The molecule has 1 atom stereocenters. The van der Waals surface area contributed by atoms with Gasteiger partial charge in [-0.2, -0.15) is 0 Å². The Morgan fingerprint density at radius 3 is 2.52 bits per heavy atom. The molecule has 1 fully saturated rings. The van der Waals surface area contributed by atoms with E-state index in [0.717, 1.165) is 17.5 Å². The number of likely N-dealkylation sites (tertiary alicyclic amines) is 1. The third-order valence-corrected chi connectivity index (χ3v) is 4.78. The van der Waals surface area contributed by atoms with E-state index in [4.69, 9.17) is 11.6 Å². The Bertz CT molecular complexity index is 396. The fourth-order valence-electron chi connectivity index (χ4n) is 3.00. The highest BCUT2D eigenvalue weighted by Gasteiger charge is 2.17. The summed E-state index contributed by atoms with van der Waals surface area (Å²) >= 11 is 6.00. The lowest BCUT2D eigenvalue weighted by atomic mass is 9.98. The molecular weight excluding hydrogens is 280 g/mol. The Balaban J connectivity index is 1.88. The van der Waals surface area contributed by atoms with Gasteiger partial charge in [-0.25, -0.2) is 0 Å². The molecule has 0 saturated carbocycles. The van der Waals surface area contributed by atoms with Crippen LogP contribution in [0.3, 0.4) is 0 Å². The largest absolute Gasteiger partial charge is 0.310 e. The lowest BCUT2D eigenvalue weighted by Crippen LogP contribution is -2.35. The molecule has 1 aromatic rings. The normalized spacial score (nSPS) is 18.8. The molecular formula is C18H29ClN2. The number of nitrogens with zero attached hydrogens (tertiary/aromatic N) is 1. The first-order valence-corrected chi connectivity index (χ1v) is 8.78. The van der Waals surface area contributed by atoms with Crippen molar-refractivity contribution in [1.82, 2.24) is 10.2 Å². The van der Waals surface area contributed by atoms with E-state index in [1.165, 1.54) is 50.9 Å². The van der Waals surface area contributed by atoms with Crippen LogP contribution in [0.2, 0.25) is 5.02 Å². The molecule has 0 bridgehead atoms. The maximum Gasteiger partial charge on any atom is 0.0406 e. The Morgan fingerprint density at radius 2 is 1.90 bits per heavy atom. The molecule has 1 unspecified atom stereocenters. The Kier molecular flexibility index (Phi) is 7.01. The summed E-state index contributed by atoms with van der Waals surface area (Å²) in [7, 11) is 0. The van der Waals surface area contributed by atoms with Crippen LogP contribution in [0.1, 0.15) is 51.1 Å². The van der Waals surface area contributed by atoms with Crippen LogP contribution in [-0.2, 0) is 0 Å². The molecule has 0 aliphatic carbocycles. The van der Waals surface area contributed by atoms with Crippen molar-refractivity contribution in [3.05, 3.63) is 34.9 Å². The lowest BCUT2D eigenvalue weighted by molar-refractivity contribution is 0.184. The molecule has 1 saturated heterocycles. The molecule has 1 aliphatic rings. The van der Waals surface area contributed by atoms with E-state index in [0.29, 0.717) is 6.04 Å². The van der Waals surface area contributed by atoms with Crippen molar-refractivity contribution in [3.63, 3.8) is 0 Å². The van der Waals surface area contributed by atoms with E-state index in [2.05, 4.69) is 36.2 Å². The van der Waals surface area contributed by atoms with Crippen LogP contribution in [0, 0.1) is 5.92 Å². The van der Waals surface area contributed by atoms with Gasteiger partial charge in [0.25, 0.3) is 0 Å². The summed E-state index contributed by atoms with van der Waals surface area (Å²) in [4.78, 5) is 2.62. The van der Waals surface area contributed by atoms with E-state index >= 15 is 0 Å². The summed E-state index contributed by atoms with van der Waals surface area (Å²) in [6.07, 6.45) is 5.06. The van der Waals surface area contributed by atoms with Crippen molar-refractivity contribution < 1.29 is 0 Å². The summed E-state index contributed by atoms with van der Waals surface area (Å²) < 4.78 is 0. The standard InChI is InChI=1S/C18H29ClN2/c1-3-11-20-18(16-4-6-17(19)7-5-16)10-14-21-12-8-15(2)9-13-21/h4-7,15,18,20H,3,8-14H2,1-2H3. The number of nitrogens with one attached hydrogen (secondary N) is 1. The highest BCUT2D eigenvalue weighted by atomic mass is 35.5. The zero-order valence-electron chi connectivity index (χ0n) is 13.4. The predicted molar refractivity (Wildman–Crippen MR) is 91.9 cm³/mol. The van der Waals surface area contributed by atoms with Gasteiger partial charge in [0.1, 0.15) is 0 Å². The monoisotopic (exact) mass is 308 g/mol. The van der Waals surface area contributed by atoms with E-state index < -0.39 is 0 Å². The molecule has 3 heteroatoms. The van der Waals surface area contributed by atoms with Gasteiger partial charge in [-0.1, -0.05) is 37.6 Å². The zero-order valence-corrected chi connectivity index (χ0v) is 14.2. The molecule has 1 heterocycles. The number of hydrogen-bond donors (Lipinski definition) is 1. The maximum absolute atomic E-state index is 6.00. The third kappa shape index (κ3) is 5.61. The highest BCUT2D eigenvalue weighted by Crippen LogP contribution is 2.22. The number of rotatable bonds is 7. The lowest BCUT2D eigenvalue weighted by Gasteiger charge is -2.31. The molecule has 118 valence electrons. The molecule has 2 rings (SSSR count). The second-order valence-corrected chi connectivity index (χ2v) is 6.81. The Labute approximate surface area is 134 Å². The Hall–Kier alpha value is -0.570. The zero-order chi connectivity index (χ0) is 15.1. The predicted octanol–water partition coefficient (Wildman–Crippen LogP) is 4.50. The van der Waals surface area contributed by atoms with Crippen molar-refractivity contribution in [2.45, 2.75) is 45.6 Å². The topological polar surface area (TPSA) is 15.3 Å². The smallest absolute Gasteiger partial charge is 0.0406 e. The van der Waals surface area contributed by atoms with E-state index in [-0.39, 0.29) is 0 Å². The van der Waals surface area contributed by atoms with Gasteiger partial charge in [0.15, 0.2) is 0 Å². The van der Waals surface area contributed by atoms with E-state index in [9.17, 15) is 0 Å². The van der Waals surface area contributed by atoms with Gasteiger partial charge in [0.2, 0.25) is 0 Å². The molecule has 21 heavy (non-hydrogen) atoms. The highest BCUT2D eigenvalue weighted by molar-refractivity contribution is 6.30. The molecule has 0 amide bonds. The fourth-order valence-corrected chi connectivity index (χ4v) is 3.12. The van der Waals surface area contributed by atoms with Crippen molar-refractivity contribution in [3.8, 4) is 0 Å². The van der Waals surface area contributed by atoms with E-state index in [1.54, 1.807) is 0 Å². The van der Waals surface area contributed by atoms with Crippen LogP contribution in [0.15, 0.2) is 24.3 Å². The number of hydrogen-bond acceptors (Lipinski definition) is 2. The molecule has 2 nitrogen and oxygen atoms in total. The van der Waals surface area contributed by atoms with Crippen LogP contribution >= 0.6 is 11.6 Å². The van der Waals surface area contributed by atoms with Gasteiger partial charge >= 0.3 is 0 Å². The first-order valence-electron chi connectivity index (χ1n) is 8.40. The minimum Gasteiger partial charge on any atom is -0.310 e. The average Bonchev–Trinajstić information content (AvgIpc) is 2.50. The van der Waals surface area contributed by atoms with Crippen molar-refractivity contribution in [2.75, 3.05) is 26.2 Å². The van der Waals surface area contributed by atoms with Gasteiger partial charge in [-0.3, -0.25) is 0 Å². The van der Waals surface area contributed by atoms with Crippen molar-refractivity contribution in [1.29, 1.82) is 0 Å². The SMILES string of the molecule is CCCNC(CCN1CCC(C)CC1)c1ccc(Cl)cc1. The van der Waals surface area contributed by atoms with Crippen molar-refractivity contribution in [2.24, 2.45) is 5.92 Å². The molecule has 0 spiro atoms. The number of halogens is 1. The van der Waals surface area contributed by atoms with Crippen LogP contribution in [0.4, 0.5) is 0 Å². The van der Waals surface area contributed by atoms with Crippen LogP contribution in [0.25, 0.3) is 0 Å². The molecule has 1 aromatic carbocycles. The quantitative estimate of drug-likeness (QED) is 0.797. The second-order valence-electron chi connectivity index (χ2n) is 6.37. The van der Waals surface area contributed by atoms with Gasteiger partial charge < -0.3 is 10.2 Å². The van der Waals surface area contributed by atoms with Gasteiger partial charge in [0, 0.05) is 11.1 Å². The van der Waals surface area contributed by atoms with Crippen LogP contribution in [0.5, 0.6) is 0 Å². The molecule has 1 N–H and O–H groups in total. The average molecular weight is 309 g/mol. The summed E-state index contributed by atoms with van der Waals surface area (Å²) in [5, 5.41) is 4.50. The number of piperidine rings is 1. The van der Waals surface area contributed by atoms with Crippen LogP contribution in [-0.4, -0.2) is 31.1 Å². The number of benzene rings is 1.